The highest BCUT2D eigenvalue weighted by Crippen LogP contribution is 2.23. The fraction of sp³-hybridized carbons (Fsp3) is 0.538. The fourth-order valence-corrected chi connectivity index (χ4v) is 1.94. The molecule has 0 heterocycles. The highest BCUT2D eigenvalue weighted by atomic mass is 19.1. The van der Waals surface area contributed by atoms with Gasteiger partial charge in [-0.05, 0) is 18.9 Å². The molecule has 100 valence electrons. The van der Waals surface area contributed by atoms with Crippen molar-refractivity contribution in [3.8, 4) is 0 Å². The Morgan fingerprint density at radius 3 is 2.44 bits per heavy atom. The number of non-ortho nitro benzene ring substituents is 1. The van der Waals surface area contributed by atoms with E-state index in [0.717, 1.165) is 31.7 Å². The van der Waals surface area contributed by atoms with Crippen LogP contribution in [0.3, 0.4) is 0 Å². The van der Waals surface area contributed by atoms with E-state index in [-0.39, 0.29) is 17.4 Å². The summed E-state index contributed by atoms with van der Waals surface area (Å²) in [5, 5.41) is 13.7. The third-order valence-electron chi connectivity index (χ3n) is 2.79. The number of anilines is 1. The lowest BCUT2D eigenvalue weighted by Crippen LogP contribution is -2.19. The second-order valence-corrected chi connectivity index (χ2v) is 4.34. The summed E-state index contributed by atoms with van der Waals surface area (Å²) in [6, 6.07) is 3.73. The molecule has 1 aromatic carbocycles. The number of hydrogen-bond donors (Lipinski definition) is 1. The van der Waals surface area contributed by atoms with Crippen molar-refractivity contribution in [3.05, 3.63) is 34.1 Å². The van der Waals surface area contributed by atoms with Crippen LogP contribution in [-0.2, 0) is 0 Å². The van der Waals surface area contributed by atoms with Crippen molar-refractivity contribution in [2.45, 2.75) is 45.6 Å². The second-order valence-electron chi connectivity index (χ2n) is 4.34. The lowest BCUT2D eigenvalue weighted by molar-refractivity contribution is -0.384. The molecule has 0 radical (unpaired) electrons. The first-order valence-corrected chi connectivity index (χ1v) is 6.29. The molecule has 0 aliphatic heterocycles. The molecule has 0 aliphatic carbocycles. The van der Waals surface area contributed by atoms with Crippen molar-refractivity contribution in [3.63, 3.8) is 0 Å². The van der Waals surface area contributed by atoms with Crippen LogP contribution in [0.15, 0.2) is 18.2 Å². The molecule has 0 aromatic heterocycles. The maximum absolute atomic E-state index is 13.6. The molecule has 1 N–H and O–H groups in total. The molecule has 1 aromatic rings. The van der Waals surface area contributed by atoms with Gasteiger partial charge in [-0.15, -0.1) is 0 Å². The van der Waals surface area contributed by atoms with Crippen LogP contribution in [0.5, 0.6) is 0 Å². The van der Waals surface area contributed by atoms with Gasteiger partial charge >= 0.3 is 0 Å². The predicted octanol–water partition coefficient (Wildman–Crippen LogP) is 4.11. The first-order valence-electron chi connectivity index (χ1n) is 6.29. The van der Waals surface area contributed by atoms with E-state index in [9.17, 15) is 14.5 Å². The lowest BCUT2D eigenvalue weighted by Gasteiger charge is -2.18. The highest BCUT2D eigenvalue weighted by molar-refractivity contribution is 5.52. The summed E-state index contributed by atoms with van der Waals surface area (Å²) < 4.78 is 13.6. The van der Waals surface area contributed by atoms with Crippen molar-refractivity contribution < 1.29 is 9.31 Å². The molecule has 4 nitrogen and oxygen atoms in total. The molecule has 0 saturated heterocycles. The molecule has 5 heteroatoms. The first-order chi connectivity index (χ1) is 8.58. The Bertz CT molecular complexity index is 404. The number of halogens is 1. The molecule has 0 unspecified atom stereocenters. The van der Waals surface area contributed by atoms with E-state index in [0.29, 0.717) is 0 Å². The molecule has 0 amide bonds. The van der Waals surface area contributed by atoms with Crippen LogP contribution in [0.4, 0.5) is 15.8 Å². The quantitative estimate of drug-likeness (QED) is 0.588. The number of nitrogens with one attached hydrogen (secondary N) is 1. The van der Waals surface area contributed by atoms with Gasteiger partial charge < -0.3 is 5.32 Å². The first kappa shape index (κ1) is 14.4. The number of rotatable bonds is 7. The van der Waals surface area contributed by atoms with Crippen LogP contribution in [0.2, 0.25) is 0 Å². The Morgan fingerprint density at radius 2 is 1.94 bits per heavy atom. The van der Waals surface area contributed by atoms with Crippen molar-refractivity contribution in [2.24, 2.45) is 0 Å². The summed E-state index contributed by atoms with van der Waals surface area (Å²) >= 11 is 0. The van der Waals surface area contributed by atoms with Crippen molar-refractivity contribution in [1.82, 2.24) is 0 Å². The molecular weight excluding hydrogens is 235 g/mol. The Hall–Kier alpha value is -1.65. The summed E-state index contributed by atoms with van der Waals surface area (Å²) in [6.07, 6.45) is 3.84. The van der Waals surface area contributed by atoms with E-state index >= 15 is 0 Å². The van der Waals surface area contributed by atoms with Gasteiger partial charge in [0.05, 0.1) is 10.6 Å². The minimum atomic E-state index is -0.515. The molecule has 0 atom stereocenters. The van der Waals surface area contributed by atoms with Gasteiger partial charge in [-0.1, -0.05) is 26.7 Å². The molecule has 0 fully saturated rings. The summed E-state index contributed by atoms with van der Waals surface area (Å²) in [4.78, 5) is 10.1. The van der Waals surface area contributed by atoms with Crippen LogP contribution < -0.4 is 5.32 Å². The highest BCUT2D eigenvalue weighted by Gasteiger charge is 2.14. The SMILES string of the molecule is CCCC(CCC)Nc1cc([N+](=O)[O-])ccc1F. The fourth-order valence-electron chi connectivity index (χ4n) is 1.94. The zero-order valence-electron chi connectivity index (χ0n) is 10.8. The average Bonchev–Trinajstić information content (AvgIpc) is 2.32. The zero-order chi connectivity index (χ0) is 13.5. The van der Waals surface area contributed by atoms with E-state index < -0.39 is 10.7 Å². The standard InChI is InChI=1S/C13H19FN2O2/c1-3-5-10(6-4-2)15-13-9-11(16(17)18)7-8-12(13)14/h7-10,15H,3-6H2,1-2H3. The molecule has 0 bridgehead atoms. The van der Waals surface area contributed by atoms with E-state index in [4.69, 9.17) is 0 Å². The van der Waals surface area contributed by atoms with Crippen LogP contribution in [0.1, 0.15) is 39.5 Å². The smallest absolute Gasteiger partial charge is 0.271 e. The minimum Gasteiger partial charge on any atom is -0.380 e. The van der Waals surface area contributed by atoms with E-state index in [1.807, 2.05) is 0 Å². The van der Waals surface area contributed by atoms with Gasteiger partial charge in [-0.25, -0.2) is 4.39 Å². The number of benzene rings is 1. The normalized spacial score (nSPS) is 10.7. The van der Waals surface area contributed by atoms with E-state index in [1.54, 1.807) is 0 Å². The zero-order valence-corrected chi connectivity index (χ0v) is 10.8. The monoisotopic (exact) mass is 254 g/mol. The van der Waals surface area contributed by atoms with Gasteiger partial charge in [0.1, 0.15) is 5.82 Å². The minimum absolute atomic E-state index is 0.0920. The Morgan fingerprint density at radius 1 is 1.33 bits per heavy atom. The number of nitro groups is 1. The third-order valence-corrected chi connectivity index (χ3v) is 2.79. The Kier molecular flexibility index (Phi) is 5.55. The molecular formula is C13H19FN2O2. The van der Waals surface area contributed by atoms with Gasteiger partial charge in [0.2, 0.25) is 0 Å². The van der Waals surface area contributed by atoms with Crippen molar-refractivity contribution in [2.75, 3.05) is 5.32 Å². The van der Waals surface area contributed by atoms with Gasteiger partial charge in [-0.2, -0.15) is 0 Å². The van der Waals surface area contributed by atoms with E-state index in [2.05, 4.69) is 19.2 Å². The Balaban J connectivity index is 2.86. The van der Waals surface area contributed by atoms with Crippen LogP contribution in [0.25, 0.3) is 0 Å². The largest absolute Gasteiger partial charge is 0.380 e. The van der Waals surface area contributed by atoms with Crippen molar-refractivity contribution in [1.29, 1.82) is 0 Å². The van der Waals surface area contributed by atoms with E-state index in [1.165, 1.54) is 12.1 Å². The topological polar surface area (TPSA) is 55.2 Å². The maximum atomic E-state index is 13.6. The van der Waals surface area contributed by atoms with Crippen LogP contribution >= 0.6 is 0 Å². The summed E-state index contributed by atoms with van der Waals surface area (Å²) in [6.45, 7) is 4.13. The summed E-state index contributed by atoms with van der Waals surface area (Å²) in [5.74, 6) is -0.446. The number of nitro benzene ring substituents is 1. The predicted molar refractivity (Wildman–Crippen MR) is 70.3 cm³/mol. The van der Waals surface area contributed by atoms with Crippen LogP contribution in [0, 0.1) is 15.9 Å². The number of hydrogen-bond acceptors (Lipinski definition) is 3. The molecule has 0 spiro atoms. The molecule has 18 heavy (non-hydrogen) atoms. The third kappa shape index (κ3) is 3.98. The van der Waals surface area contributed by atoms with Gasteiger partial charge in [0.25, 0.3) is 5.69 Å². The molecule has 0 aliphatic rings. The van der Waals surface area contributed by atoms with Gasteiger partial charge in [0.15, 0.2) is 0 Å². The summed E-state index contributed by atoms with van der Waals surface area (Å²) in [7, 11) is 0. The summed E-state index contributed by atoms with van der Waals surface area (Å²) in [5.41, 5.74) is 0.127. The number of nitrogens with zero attached hydrogens (tertiary/aromatic N) is 1. The Labute approximate surface area is 106 Å². The molecule has 0 saturated carbocycles. The lowest BCUT2D eigenvalue weighted by atomic mass is 10.1. The van der Waals surface area contributed by atoms with Crippen LogP contribution in [-0.4, -0.2) is 11.0 Å². The van der Waals surface area contributed by atoms with Crippen molar-refractivity contribution >= 4 is 11.4 Å². The van der Waals surface area contributed by atoms with Gasteiger partial charge in [0, 0.05) is 18.2 Å². The average molecular weight is 254 g/mol. The molecule has 1 rings (SSSR count). The maximum Gasteiger partial charge on any atom is 0.271 e. The second kappa shape index (κ2) is 6.93. The van der Waals surface area contributed by atoms with Gasteiger partial charge in [-0.3, -0.25) is 10.1 Å².